The van der Waals surface area contributed by atoms with Crippen LogP contribution in [0, 0.1) is 0 Å². The summed E-state index contributed by atoms with van der Waals surface area (Å²) in [5.74, 6) is 0.785. The lowest BCUT2D eigenvalue weighted by molar-refractivity contribution is -0.114. The van der Waals surface area contributed by atoms with Gasteiger partial charge >= 0.3 is 0 Å². The van der Waals surface area contributed by atoms with Crippen LogP contribution in [0.3, 0.4) is 0 Å². The third-order valence-corrected chi connectivity index (χ3v) is 4.43. The van der Waals surface area contributed by atoms with E-state index in [1.807, 2.05) is 18.2 Å². The number of anilines is 2. The molecular weight excluding hydrogens is 286 g/mol. The van der Waals surface area contributed by atoms with Gasteiger partial charge in [0.15, 0.2) is 5.13 Å². The van der Waals surface area contributed by atoms with Crippen LogP contribution in [0.15, 0.2) is 24.3 Å². The van der Waals surface area contributed by atoms with Crippen LogP contribution in [0.1, 0.15) is 17.5 Å². The highest BCUT2D eigenvalue weighted by molar-refractivity contribution is 7.15. The van der Waals surface area contributed by atoms with Gasteiger partial charge in [0.1, 0.15) is 5.75 Å². The number of fused-ring (bicyclic) bond motifs is 1. The Kier molecular flexibility index (Phi) is 3.79. The molecule has 0 aliphatic carbocycles. The van der Waals surface area contributed by atoms with Crippen LogP contribution >= 0.6 is 11.3 Å². The van der Waals surface area contributed by atoms with E-state index >= 15 is 0 Å². The Bertz CT molecular complexity index is 669. The van der Waals surface area contributed by atoms with Crippen molar-refractivity contribution in [1.29, 1.82) is 0 Å². The fourth-order valence-corrected chi connectivity index (χ4v) is 3.50. The van der Waals surface area contributed by atoms with Crippen molar-refractivity contribution in [2.75, 3.05) is 23.9 Å². The number of nitrogens with one attached hydrogen (secondary N) is 1. The highest BCUT2D eigenvalue weighted by Gasteiger charge is 2.21. The lowest BCUT2D eigenvalue weighted by atomic mass is 10.1. The molecule has 0 fully saturated rings. The topological polar surface area (TPSA) is 54.5 Å². The minimum atomic E-state index is -0.0780. The van der Waals surface area contributed by atoms with E-state index in [1.54, 1.807) is 18.4 Å². The minimum absolute atomic E-state index is 0.0780. The standard InChI is InChI=1S/C15H17N3O2S/c1-10(19)16-15-17-13-6-7-18(9-14(13)21-15)11-4-3-5-12(8-11)20-2/h3-5,8H,6-7,9H2,1-2H3,(H,16,17,19). The molecule has 0 unspecified atom stereocenters. The summed E-state index contributed by atoms with van der Waals surface area (Å²) in [4.78, 5) is 19.1. The van der Waals surface area contributed by atoms with Crippen molar-refractivity contribution in [1.82, 2.24) is 4.98 Å². The number of carbonyl (C=O) groups excluding carboxylic acids is 1. The maximum atomic E-state index is 11.1. The van der Waals surface area contributed by atoms with E-state index in [0.29, 0.717) is 5.13 Å². The molecule has 1 amide bonds. The summed E-state index contributed by atoms with van der Waals surface area (Å²) in [6.45, 7) is 3.24. The molecule has 0 atom stereocenters. The lowest BCUT2D eigenvalue weighted by Crippen LogP contribution is -2.29. The summed E-state index contributed by atoms with van der Waals surface area (Å²) in [7, 11) is 1.68. The zero-order valence-corrected chi connectivity index (χ0v) is 12.9. The smallest absolute Gasteiger partial charge is 0.223 e. The van der Waals surface area contributed by atoms with Crippen molar-refractivity contribution >= 4 is 28.1 Å². The molecule has 6 heteroatoms. The minimum Gasteiger partial charge on any atom is -0.497 e. The summed E-state index contributed by atoms with van der Waals surface area (Å²) in [6.07, 6.45) is 0.891. The molecule has 0 bridgehead atoms. The first-order valence-corrected chi connectivity index (χ1v) is 7.62. The van der Waals surface area contributed by atoms with E-state index in [9.17, 15) is 4.79 Å². The maximum absolute atomic E-state index is 11.1. The molecule has 3 rings (SSSR count). The molecule has 1 aliphatic rings. The van der Waals surface area contributed by atoms with Crippen molar-refractivity contribution in [3.63, 3.8) is 0 Å². The number of thiazole rings is 1. The van der Waals surface area contributed by atoms with Gasteiger partial charge in [0.2, 0.25) is 5.91 Å². The molecule has 5 nitrogen and oxygen atoms in total. The van der Waals surface area contributed by atoms with E-state index in [4.69, 9.17) is 4.74 Å². The van der Waals surface area contributed by atoms with Crippen LogP contribution in [-0.4, -0.2) is 24.5 Å². The zero-order valence-electron chi connectivity index (χ0n) is 12.0. The number of methoxy groups -OCH3 is 1. The SMILES string of the molecule is COc1cccc(N2CCc3nc(NC(C)=O)sc3C2)c1. The number of rotatable bonds is 3. The van der Waals surface area contributed by atoms with Crippen LogP contribution in [0.4, 0.5) is 10.8 Å². The van der Waals surface area contributed by atoms with Gasteiger partial charge < -0.3 is 15.0 Å². The number of benzene rings is 1. The van der Waals surface area contributed by atoms with Gasteiger partial charge in [0.05, 0.1) is 19.3 Å². The van der Waals surface area contributed by atoms with Gasteiger partial charge in [-0.3, -0.25) is 4.79 Å². The molecule has 0 saturated heterocycles. The van der Waals surface area contributed by atoms with Crippen molar-refractivity contribution in [3.8, 4) is 5.75 Å². The van der Waals surface area contributed by atoms with E-state index in [-0.39, 0.29) is 5.91 Å². The molecule has 1 aromatic carbocycles. The second kappa shape index (κ2) is 5.73. The monoisotopic (exact) mass is 303 g/mol. The second-order valence-electron chi connectivity index (χ2n) is 4.94. The van der Waals surface area contributed by atoms with Crippen LogP contribution in [0.5, 0.6) is 5.75 Å². The number of hydrogen-bond acceptors (Lipinski definition) is 5. The van der Waals surface area contributed by atoms with Crippen molar-refractivity contribution in [2.45, 2.75) is 19.9 Å². The molecule has 0 radical (unpaired) electrons. The molecule has 0 spiro atoms. The van der Waals surface area contributed by atoms with Gasteiger partial charge in [-0.25, -0.2) is 4.98 Å². The maximum Gasteiger partial charge on any atom is 0.223 e. The molecule has 2 heterocycles. The fraction of sp³-hybridized carbons (Fsp3) is 0.333. The van der Waals surface area contributed by atoms with Crippen molar-refractivity contribution < 1.29 is 9.53 Å². The summed E-state index contributed by atoms with van der Waals surface area (Å²) in [6, 6.07) is 8.07. The Balaban J connectivity index is 1.80. The second-order valence-corrected chi connectivity index (χ2v) is 6.03. The van der Waals surface area contributed by atoms with Crippen molar-refractivity contribution in [2.24, 2.45) is 0 Å². The Labute approximate surface area is 127 Å². The van der Waals surface area contributed by atoms with Gasteiger partial charge in [-0.05, 0) is 12.1 Å². The summed E-state index contributed by atoms with van der Waals surface area (Å²) < 4.78 is 5.28. The number of amides is 1. The van der Waals surface area contributed by atoms with Crippen LogP contribution in [0.2, 0.25) is 0 Å². The van der Waals surface area contributed by atoms with Gasteiger partial charge in [-0.15, -0.1) is 0 Å². The van der Waals surface area contributed by atoms with E-state index in [1.165, 1.54) is 11.8 Å². The normalized spacial score (nSPS) is 13.7. The quantitative estimate of drug-likeness (QED) is 0.947. The molecule has 1 aliphatic heterocycles. The summed E-state index contributed by atoms with van der Waals surface area (Å²) >= 11 is 1.56. The Morgan fingerprint density at radius 3 is 3.10 bits per heavy atom. The van der Waals surface area contributed by atoms with Crippen LogP contribution in [-0.2, 0) is 17.8 Å². The summed E-state index contributed by atoms with van der Waals surface area (Å²) in [5.41, 5.74) is 2.25. The zero-order chi connectivity index (χ0) is 14.8. The van der Waals surface area contributed by atoms with Gasteiger partial charge in [-0.1, -0.05) is 17.4 Å². The predicted molar refractivity (Wildman–Crippen MR) is 84.2 cm³/mol. The molecule has 1 aromatic heterocycles. The third kappa shape index (κ3) is 3.00. The van der Waals surface area contributed by atoms with Crippen LogP contribution in [0.25, 0.3) is 0 Å². The van der Waals surface area contributed by atoms with Gasteiger partial charge in [0, 0.05) is 36.5 Å². The lowest BCUT2D eigenvalue weighted by Gasteiger charge is -2.28. The Morgan fingerprint density at radius 1 is 1.48 bits per heavy atom. The van der Waals surface area contributed by atoms with Gasteiger partial charge in [0.25, 0.3) is 0 Å². The summed E-state index contributed by atoms with van der Waals surface area (Å²) in [5, 5.41) is 3.46. The third-order valence-electron chi connectivity index (χ3n) is 3.43. The fourth-order valence-electron chi connectivity index (χ4n) is 2.43. The van der Waals surface area contributed by atoms with E-state index < -0.39 is 0 Å². The number of aromatic nitrogens is 1. The largest absolute Gasteiger partial charge is 0.497 e. The molecule has 21 heavy (non-hydrogen) atoms. The first-order valence-electron chi connectivity index (χ1n) is 6.81. The highest BCUT2D eigenvalue weighted by atomic mass is 32.1. The van der Waals surface area contributed by atoms with E-state index in [0.717, 1.165) is 36.6 Å². The molecule has 2 aromatic rings. The molecule has 0 saturated carbocycles. The Morgan fingerprint density at radius 2 is 2.33 bits per heavy atom. The molecular formula is C15H17N3O2S. The molecule has 1 N–H and O–H groups in total. The number of ether oxygens (including phenoxy) is 1. The van der Waals surface area contributed by atoms with Gasteiger partial charge in [-0.2, -0.15) is 0 Å². The van der Waals surface area contributed by atoms with Crippen molar-refractivity contribution in [3.05, 3.63) is 34.8 Å². The van der Waals surface area contributed by atoms with Crippen LogP contribution < -0.4 is 15.0 Å². The van der Waals surface area contributed by atoms with E-state index in [2.05, 4.69) is 21.3 Å². The highest BCUT2D eigenvalue weighted by Crippen LogP contribution is 2.31. The number of nitrogens with zero attached hydrogens (tertiary/aromatic N) is 2. The Hall–Kier alpha value is -2.08. The first kappa shape index (κ1) is 13.9. The number of carbonyl (C=O) groups is 1. The first-order chi connectivity index (χ1) is 10.2. The average molecular weight is 303 g/mol. The average Bonchev–Trinajstić information content (AvgIpc) is 2.87. The molecule has 110 valence electrons. The predicted octanol–water partition coefficient (Wildman–Crippen LogP) is 2.67. The number of hydrogen-bond donors (Lipinski definition) is 1.